The molecule has 0 unspecified atom stereocenters. The molecule has 0 bridgehead atoms. The van der Waals surface area contributed by atoms with Gasteiger partial charge >= 0.3 is 0 Å². The van der Waals surface area contributed by atoms with Gasteiger partial charge in [-0.1, -0.05) is 194 Å². The van der Waals surface area contributed by atoms with E-state index in [1.807, 2.05) is 11.3 Å². The Morgan fingerprint density at radius 3 is 1.61 bits per heavy atom. The Hall–Kier alpha value is -7.52. The molecule has 12 rings (SSSR count). The summed E-state index contributed by atoms with van der Waals surface area (Å²) >= 11 is 1.92. The second kappa shape index (κ2) is 14.3. The lowest BCUT2D eigenvalue weighted by Gasteiger charge is -2.35. The van der Waals surface area contributed by atoms with Crippen molar-refractivity contribution < 1.29 is 0 Å². The number of thiophene rings is 1. The van der Waals surface area contributed by atoms with Gasteiger partial charge in [0.15, 0.2) is 0 Å². The Kier molecular flexibility index (Phi) is 8.33. The fraction of sp³-hybridized carbons (Fsp3) is 0.0169. The van der Waals surface area contributed by atoms with E-state index in [9.17, 15) is 0 Å². The van der Waals surface area contributed by atoms with Crippen LogP contribution in [0.1, 0.15) is 22.3 Å². The highest BCUT2D eigenvalue weighted by Crippen LogP contribution is 2.60. The molecule has 1 aromatic heterocycles. The zero-order valence-corrected chi connectivity index (χ0v) is 34.2. The van der Waals surface area contributed by atoms with Crippen molar-refractivity contribution in [3.8, 4) is 33.4 Å². The van der Waals surface area contributed by atoms with Gasteiger partial charge in [0.1, 0.15) is 0 Å². The summed E-state index contributed by atoms with van der Waals surface area (Å²) in [5.74, 6) is 0. The van der Waals surface area contributed by atoms with Crippen molar-refractivity contribution in [2.24, 2.45) is 0 Å². The van der Waals surface area contributed by atoms with Gasteiger partial charge in [0.2, 0.25) is 0 Å². The third-order valence-corrected chi connectivity index (χ3v) is 14.0. The molecule has 0 aliphatic heterocycles. The minimum atomic E-state index is -0.547. The summed E-state index contributed by atoms with van der Waals surface area (Å²) in [5.41, 5.74) is 15.4. The van der Waals surface area contributed by atoms with Crippen molar-refractivity contribution in [3.05, 3.63) is 259 Å². The molecule has 1 aliphatic rings. The van der Waals surface area contributed by atoms with Crippen LogP contribution >= 0.6 is 11.3 Å². The number of fused-ring (bicyclic) bond motifs is 8. The van der Waals surface area contributed by atoms with Crippen LogP contribution < -0.4 is 4.90 Å². The van der Waals surface area contributed by atoms with Crippen LogP contribution in [0.5, 0.6) is 0 Å². The number of hydrogen-bond donors (Lipinski definition) is 0. The Balaban J connectivity index is 1.10. The first kappa shape index (κ1) is 35.4. The number of rotatable bonds is 7. The van der Waals surface area contributed by atoms with Gasteiger partial charge in [-0.15, -0.1) is 11.3 Å². The van der Waals surface area contributed by atoms with Crippen LogP contribution in [0.15, 0.2) is 237 Å². The average molecular weight is 794 g/mol. The zero-order chi connectivity index (χ0) is 40.3. The summed E-state index contributed by atoms with van der Waals surface area (Å²) in [6.07, 6.45) is 0. The summed E-state index contributed by atoms with van der Waals surface area (Å²) in [5, 5.41) is 5.14. The van der Waals surface area contributed by atoms with E-state index in [0.717, 1.165) is 17.1 Å². The van der Waals surface area contributed by atoms with Gasteiger partial charge in [-0.2, -0.15) is 0 Å². The van der Waals surface area contributed by atoms with Gasteiger partial charge in [0.05, 0.1) is 5.41 Å². The SMILES string of the molecule is c1ccc(-c2ccc(N(c3ccc(-c4cccc5ccccc45)cc3)c3ccc4c(c3)C(c3ccccc3)(c3ccccc3)c3ccc5c(sc6ccccc65)c3-4)cc2)cc1. The van der Waals surface area contributed by atoms with Gasteiger partial charge in [-0.3, -0.25) is 0 Å². The molecular formula is C59H39NS. The van der Waals surface area contributed by atoms with Gasteiger partial charge in [-0.05, 0) is 103 Å². The van der Waals surface area contributed by atoms with Crippen LogP contribution in [0.2, 0.25) is 0 Å². The minimum absolute atomic E-state index is 0.547. The molecular weight excluding hydrogens is 755 g/mol. The van der Waals surface area contributed by atoms with E-state index < -0.39 is 5.41 Å². The lowest BCUT2D eigenvalue weighted by atomic mass is 9.67. The van der Waals surface area contributed by atoms with Crippen molar-refractivity contribution in [1.82, 2.24) is 0 Å². The summed E-state index contributed by atoms with van der Waals surface area (Å²) in [6, 6.07) is 87.2. The van der Waals surface area contributed by atoms with Crippen LogP contribution in [0.3, 0.4) is 0 Å². The molecule has 1 nitrogen and oxygen atoms in total. The van der Waals surface area contributed by atoms with Crippen molar-refractivity contribution in [2.45, 2.75) is 5.41 Å². The molecule has 0 amide bonds. The molecule has 0 N–H and O–H groups in total. The van der Waals surface area contributed by atoms with E-state index in [2.05, 4.69) is 241 Å². The highest BCUT2D eigenvalue weighted by Gasteiger charge is 2.47. The molecule has 1 aliphatic carbocycles. The Labute approximate surface area is 360 Å². The smallest absolute Gasteiger partial charge is 0.0714 e. The third-order valence-electron chi connectivity index (χ3n) is 12.8. The Morgan fingerprint density at radius 1 is 0.344 bits per heavy atom. The van der Waals surface area contributed by atoms with Crippen molar-refractivity contribution in [2.75, 3.05) is 4.90 Å². The van der Waals surface area contributed by atoms with E-state index in [1.165, 1.54) is 86.6 Å². The zero-order valence-electron chi connectivity index (χ0n) is 33.4. The second-order valence-electron chi connectivity index (χ2n) is 16.0. The molecule has 0 atom stereocenters. The van der Waals surface area contributed by atoms with Crippen LogP contribution in [0.25, 0.3) is 64.3 Å². The Morgan fingerprint density at radius 2 is 0.902 bits per heavy atom. The molecule has 0 saturated heterocycles. The van der Waals surface area contributed by atoms with E-state index in [1.54, 1.807) is 0 Å². The monoisotopic (exact) mass is 793 g/mol. The summed E-state index contributed by atoms with van der Waals surface area (Å²) in [6.45, 7) is 0. The van der Waals surface area contributed by atoms with Crippen LogP contribution in [0.4, 0.5) is 17.1 Å². The topological polar surface area (TPSA) is 3.24 Å². The molecule has 2 heteroatoms. The number of anilines is 3. The molecule has 286 valence electrons. The molecule has 0 fully saturated rings. The number of hydrogen-bond acceptors (Lipinski definition) is 2. The summed E-state index contributed by atoms with van der Waals surface area (Å²) in [7, 11) is 0. The van der Waals surface area contributed by atoms with Gasteiger partial charge < -0.3 is 4.90 Å². The average Bonchev–Trinajstić information content (AvgIpc) is 3.86. The van der Waals surface area contributed by atoms with Gasteiger partial charge in [-0.25, -0.2) is 0 Å². The lowest BCUT2D eigenvalue weighted by molar-refractivity contribution is 0.769. The minimum Gasteiger partial charge on any atom is -0.310 e. The van der Waals surface area contributed by atoms with Crippen molar-refractivity contribution in [1.29, 1.82) is 0 Å². The van der Waals surface area contributed by atoms with Gasteiger partial charge in [0.25, 0.3) is 0 Å². The lowest BCUT2D eigenvalue weighted by Crippen LogP contribution is -2.28. The second-order valence-corrected chi connectivity index (χ2v) is 17.0. The fourth-order valence-corrected chi connectivity index (χ4v) is 11.3. The maximum absolute atomic E-state index is 2.48. The molecule has 0 radical (unpaired) electrons. The van der Waals surface area contributed by atoms with Crippen LogP contribution in [-0.4, -0.2) is 0 Å². The molecule has 61 heavy (non-hydrogen) atoms. The molecule has 1 heterocycles. The first-order valence-corrected chi connectivity index (χ1v) is 21.8. The largest absolute Gasteiger partial charge is 0.310 e. The Bertz CT molecular complexity index is 3340. The van der Waals surface area contributed by atoms with Gasteiger partial charge in [0, 0.05) is 42.8 Å². The van der Waals surface area contributed by atoms with E-state index in [-0.39, 0.29) is 0 Å². The maximum Gasteiger partial charge on any atom is 0.0714 e. The molecule has 0 saturated carbocycles. The van der Waals surface area contributed by atoms with E-state index in [0.29, 0.717) is 0 Å². The quantitative estimate of drug-likeness (QED) is 0.155. The molecule has 10 aromatic carbocycles. The standard InChI is InChI=1S/C59H39NS/c1-4-15-40(16-5-1)41-27-31-46(32-28-41)60(47-33-29-43(30-34-47)50-25-14-18-42-17-10-11-23-49(42)50)48-35-36-53-55(39-48)59(44-19-6-2-7-20-44,45-21-8-3-9-22-45)54-38-37-52-51-24-12-13-26-56(51)61-58(52)57(53)54/h1-39H. The number of nitrogens with zero attached hydrogens (tertiary/aromatic N) is 1. The maximum atomic E-state index is 2.48. The normalized spacial score (nSPS) is 12.7. The molecule has 0 spiro atoms. The van der Waals surface area contributed by atoms with E-state index >= 15 is 0 Å². The summed E-state index contributed by atoms with van der Waals surface area (Å²) in [4.78, 5) is 2.43. The first-order chi connectivity index (χ1) is 30.3. The summed E-state index contributed by atoms with van der Waals surface area (Å²) < 4.78 is 2.66. The predicted molar refractivity (Wildman–Crippen MR) is 260 cm³/mol. The third kappa shape index (κ3) is 5.60. The van der Waals surface area contributed by atoms with Crippen LogP contribution in [0, 0.1) is 0 Å². The first-order valence-electron chi connectivity index (χ1n) is 21.0. The fourth-order valence-electron chi connectivity index (χ4n) is 10.0. The van der Waals surface area contributed by atoms with Crippen molar-refractivity contribution >= 4 is 59.3 Å². The van der Waals surface area contributed by atoms with E-state index in [4.69, 9.17) is 0 Å². The highest BCUT2D eigenvalue weighted by atomic mass is 32.1. The van der Waals surface area contributed by atoms with Crippen molar-refractivity contribution in [3.63, 3.8) is 0 Å². The van der Waals surface area contributed by atoms with Crippen LogP contribution in [-0.2, 0) is 5.41 Å². The number of benzene rings is 10. The molecule has 11 aromatic rings. The highest BCUT2D eigenvalue weighted by molar-refractivity contribution is 7.26. The predicted octanol–water partition coefficient (Wildman–Crippen LogP) is 16.4.